The molecule has 0 fully saturated rings. The standard InChI is InChI=1S/C29H28Cl2N2O4/c1-18(2)35-24-10-6-19(7-11-24)26-17-33(23-15-21(30)14-22(31)16-23)32-27(26)36-25-12-8-20(9-13-25)28(34)37-29(3,4)5/h6-18H,1-5H3. The second-order valence-electron chi connectivity index (χ2n) is 9.74. The molecule has 3 aromatic carbocycles. The summed E-state index contributed by atoms with van der Waals surface area (Å²) in [6.45, 7) is 9.45. The summed E-state index contributed by atoms with van der Waals surface area (Å²) in [5, 5.41) is 5.66. The van der Waals surface area contributed by atoms with Crippen LogP contribution in [-0.4, -0.2) is 27.5 Å². The van der Waals surface area contributed by atoms with Gasteiger partial charge in [-0.2, -0.15) is 0 Å². The highest BCUT2D eigenvalue weighted by Crippen LogP contribution is 2.35. The lowest BCUT2D eigenvalue weighted by molar-refractivity contribution is 0.00695. The lowest BCUT2D eigenvalue weighted by Gasteiger charge is -2.19. The van der Waals surface area contributed by atoms with Crippen LogP contribution < -0.4 is 9.47 Å². The van der Waals surface area contributed by atoms with E-state index in [2.05, 4.69) is 5.10 Å². The Bertz CT molecular complexity index is 1370. The van der Waals surface area contributed by atoms with Crippen LogP contribution in [0.5, 0.6) is 17.4 Å². The van der Waals surface area contributed by atoms with Gasteiger partial charge in [-0.1, -0.05) is 35.3 Å². The third-order valence-electron chi connectivity index (χ3n) is 5.03. The third kappa shape index (κ3) is 7.06. The number of ether oxygens (including phenoxy) is 3. The van der Waals surface area contributed by atoms with E-state index in [4.69, 9.17) is 37.4 Å². The number of aromatic nitrogens is 2. The Morgan fingerprint density at radius 1 is 0.892 bits per heavy atom. The number of halogens is 2. The highest BCUT2D eigenvalue weighted by molar-refractivity contribution is 6.34. The molecule has 0 spiro atoms. The predicted molar refractivity (Wildman–Crippen MR) is 146 cm³/mol. The Labute approximate surface area is 226 Å². The largest absolute Gasteiger partial charge is 0.491 e. The third-order valence-corrected chi connectivity index (χ3v) is 5.47. The Kier molecular flexibility index (Phi) is 7.81. The van der Waals surface area contributed by atoms with Crippen LogP contribution in [0.1, 0.15) is 45.0 Å². The summed E-state index contributed by atoms with van der Waals surface area (Å²) in [5.41, 5.74) is 2.18. The molecule has 0 aliphatic carbocycles. The highest BCUT2D eigenvalue weighted by atomic mass is 35.5. The van der Waals surface area contributed by atoms with Crippen LogP contribution in [0.15, 0.2) is 72.9 Å². The minimum atomic E-state index is -0.576. The van der Waals surface area contributed by atoms with Gasteiger partial charge in [0, 0.05) is 16.2 Å². The summed E-state index contributed by atoms with van der Waals surface area (Å²) in [4.78, 5) is 12.4. The fourth-order valence-electron chi connectivity index (χ4n) is 3.53. The molecule has 0 atom stereocenters. The normalized spacial score (nSPS) is 11.5. The summed E-state index contributed by atoms with van der Waals surface area (Å²) in [7, 11) is 0. The van der Waals surface area contributed by atoms with E-state index in [-0.39, 0.29) is 6.10 Å². The molecule has 0 unspecified atom stereocenters. The van der Waals surface area contributed by atoms with Crippen molar-refractivity contribution in [2.45, 2.75) is 46.3 Å². The molecule has 0 bridgehead atoms. The smallest absolute Gasteiger partial charge is 0.338 e. The molecule has 0 aliphatic heterocycles. The first-order chi connectivity index (χ1) is 17.5. The lowest BCUT2D eigenvalue weighted by atomic mass is 10.1. The van der Waals surface area contributed by atoms with Crippen molar-refractivity contribution in [3.05, 3.63) is 88.5 Å². The Morgan fingerprint density at radius 3 is 2.05 bits per heavy atom. The van der Waals surface area contributed by atoms with E-state index in [1.165, 1.54) is 0 Å². The van der Waals surface area contributed by atoms with Crippen molar-refractivity contribution in [2.24, 2.45) is 0 Å². The van der Waals surface area contributed by atoms with Crippen LogP contribution >= 0.6 is 23.2 Å². The van der Waals surface area contributed by atoms with E-state index in [9.17, 15) is 4.79 Å². The Balaban J connectivity index is 1.67. The molecular formula is C29H28Cl2N2O4. The molecule has 0 N–H and O–H groups in total. The summed E-state index contributed by atoms with van der Waals surface area (Å²) in [6, 6.07) is 19.6. The summed E-state index contributed by atoms with van der Waals surface area (Å²) in [5.74, 6) is 1.26. The fraction of sp³-hybridized carbons (Fsp3) is 0.241. The van der Waals surface area contributed by atoms with Crippen LogP contribution in [0.4, 0.5) is 0 Å². The number of hydrogen-bond donors (Lipinski definition) is 0. The van der Waals surface area contributed by atoms with Gasteiger partial charge in [0.1, 0.15) is 17.1 Å². The van der Waals surface area contributed by atoms with Crippen molar-refractivity contribution < 1.29 is 19.0 Å². The van der Waals surface area contributed by atoms with Gasteiger partial charge in [0.2, 0.25) is 5.88 Å². The number of carbonyl (C=O) groups excluding carboxylic acids is 1. The van der Waals surface area contributed by atoms with E-state index in [1.807, 2.05) is 65.1 Å². The van der Waals surface area contributed by atoms with Gasteiger partial charge in [-0.25, -0.2) is 9.48 Å². The molecule has 0 amide bonds. The zero-order chi connectivity index (χ0) is 26.7. The van der Waals surface area contributed by atoms with E-state index in [0.717, 1.165) is 16.9 Å². The number of benzene rings is 3. The van der Waals surface area contributed by atoms with E-state index in [1.54, 1.807) is 47.1 Å². The molecule has 37 heavy (non-hydrogen) atoms. The molecule has 0 saturated carbocycles. The second kappa shape index (κ2) is 10.9. The van der Waals surface area contributed by atoms with Crippen LogP contribution in [0.2, 0.25) is 10.0 Å². The lowest BCUT2D eigenvalue weighted by Crippen LogP contribution is -2.23. The number of rotatable bonds is 7. The zero-order valence-corrected chi connectivity index (χ0v) is 22.8. The fourth-order valence-corrected chi connectivity index (χ4v) is 4.04. The van der Waals surface area contributed by atoms with Crippen LogP contribution in [0.25, 0.3) is 16.8 Å². The SMILES string of the molecule is CC(C)Oc1ccc(-c2cn(-c3cc(Cl)cc(Cl)c3)nc2Oc2ccc(C(=O)OC(C)(C)C)cc2)cc1. The Morgan fingerprint density at radius 2 is 1.49 bits per heavy atom. The van der Waals surface area contributed by atoms with Crippen LogP contribution in [-0.2, 0) is 4.74 Å². The molecule has 0 aliphatic rings. The van der Waals surface area contributed by atoms with Crippen molar-refractivity contribution in [2.75, 3.05) is 0 Å². The first-order valence-corrected chi connectivity index (χ1v) is 12.6. The molecule has 192 valence electrons. The van der Waals surface area contributed by atoms with E-state index >= 15 is 0 Å². The van der Waals surface area contributed by atoms with Gasteiger partial charge in [-0.3, -0.25) is 0 Å². The van der Waals surface area contributed by atoms with Gasteiger partial charge in [-0.15, -0.1) is 5.10 Å². The van der Waals surface area contributed by atoms with Crippen molar-refractivity contribution in [3.8, 4) is 34.2 Å². The van der Waals surface area contributed by atoms with Gasteiger partial charge < -0.3 is 14.2 Å². The topological polar surface area (TPSA) is 62.6 Å². The van der Waals surface area contributed by atoms with Crippen molar-refractivity contribution in [1.82, 2.24) is 9.78 Å². The molecule has 1 aromatic heterocycles. The van der Waals surface area contributed by atoms with Gasteiger partial charge in [0.15, 0.2) is 0 Å². The summed E-state index contributed by atoms with van der Waals surface area (Å²) in [6.07, 6.45) is 1.92. The minimum absolute atomic E-state index is 0.0729. The molecule has 4 rings (SSSR count). The highest BCUT2D eigenvalue weighted by Gasteiger charge is 2.19. The second-order valence-corrected chi connectivity index (χ2v) is 10.6. The number of hydrogen-bond acceptors (Lipinski definition) is 5. The quantitative estimate of drug-likeness (QED) is 0.221. The maximum Gasteiger partial charge on any atom is 0.338 e. The van der Waals surface area contributed by atoms with Gasteiger partial charge in [-0.05, 0) is 94.8 Å². The van der Waals surface area contributed by atoms with Crippen molar-refractivity contribution >= 4 is 29.2 Å². The molecule has 6 nitrogen and oxygen atoms in total. The average Bonchev–Trinajstić information content (AvgIpc) is 3.22. The minimum Gasteiger partial charge on any atom is -0.491 e. The summed E-state index contributed by atoms with van der Waals surface area (Å²) >= 11 is 12.4. The van der Waals surface area contributed by atoms with Crippen LogP contribution in [0, 0.1) is 0 Å². The zero-order valence-electron chi connectivity index (χ0n) is 21.3. The summed E-state index contributed by atoms with van der Waals surface area (Å²) < 4.78 is 19.0. The molecule has 0 radical (unpaired) electrons. The van der Waals surface area contributed by atoms with Gasteiger partial charge >= 0.3 is 5.97 Å². The van der Waals surface area contributed by atoms with Crippen molar-refractivity contribution in [3.63, 3.8) is 0 Å². The monoisotopic (exact) mass is 538 g/mol. The van der Waals surface area contributed by atoms with Gasteiger partial charge in [0.25, 0.3) is 0 Å². The van der Waals surface area contributed by atoms with E-state index < -0.39 is 11.6 Å². The number of esters is 1. The molecule has 0 saturated heterocycles. The molecule has 4 aromatic rings. The molecule has 1 heterocycles. The molecular weight excluding hydrogens is 511 g/mol. The maximum atomic E-state index is 12.4. The van der Waals surface area contributed by atoms with Crippen molar-refractivity contribution in [1.29, 1.82) is 0 Å². The Hall–Kier alpha value is -3.48. The first-order valence-electron chi connectivity index (χ1n) is 11.8. The van der Waals surface area contributed by atoms with Gasteiger partial charge in [0.05, 0.1) is 22.9 Å². The van der Waals surface area contributed by atoms with Crippen LogP contribution in [0.3, 0.4) is 0 Å². The first kappa shape index (κ1) is 26.6. The maximum absolute atomic E-state index is 12.4. The number of nitrogens with zero attached hydrogens (tertiary/aromatic N) is 2. The predicted octanol–water partition coefficient (Wildman–Crippen LogP) is 8.38. The van der Waals surface area contributed by atoms with E-state index in [0.29, 0.717) is 32.9 Å². The number of carbonyl (C=O) groups is 1. The molecule has 8 heteroatoms. The average molecular weight is 539 g/mol.